The molecule has 5 heteroatoms. The number of alkyl halides is 2. The van der Waals surface area contributed by atoms with Crippen molar-refractivity contribution in [3.8, 4) is 6.07 Å². The zero-order valence-electron chi connectivity index (χ0n) is 9.69. The Morgan fingerprint density at radius 3 is 2.56 bits per heavy atom. The molecule has 3 nitrogen and oxygen atoms in total. The Kier molecular flexibility index (Phi) is 4.55. The van der Waals surface area contributed by atoms with Crippen molar-refractivity contribution in [2.75, 3.05) is 6.61 Å². The molecule has 0 saturated carbocycles. The lowest BCUT2D eigenvalue weighted by Gasteiger charge is -2.09. The third kappa shape index (κ3) is 3.67. The first-order valence-corrected chi connectivity index (χ1v) is 5.24. The highest BCUT2D eigenvalue weighted by Crippen LogP contribution is 2.19. The van der Waals surface area contributed by atoms with Crippen LogP contribution in [0, 0.1) is 11.3 Å². The highest BCUT2D eigenvalue weighted by molar-refractivity contribution is 5.81. The lowest BCUT2D eigenvalue weighted by atomic mass is 10.1. The molecule has 0 unspecified atom stereocenters. The van der Waals surface area contributed by atoms with Gasteiger partial charge in [-0.15, -0.1) is 0 Å². The van der Waals surface area contributed by atoms with Gasteiger partial charge in [-0.2, -0.15) is 14.0 Å². The average Bonchev–Trinajstić information content (AvgIpc) is 2.37. The van der Waals surface area contributed by atoms with Crippen molar-refractivity contribution in [1.29, 1.82) is 5.26 Å². The predicted molar refractivity (Wildman–Crippen MR) is 61.8 cm³/mol. The molecule has 1 rings (SSSR count). The van der Waals surface area contributed by atoms with E-state index in [-0.39, 0.29) is 6.61 Å². The molecule has 0 aliphatic heterocycles. The normalized spacial score (nSPS) is 11.2. The molecular formula is C13H11F2NO2. The van der Waals surface area contributed by atoms with E-state index in [0.717, 1.165) is 6.08 Å². The van der Waals surface area contributed by atoms with Gasteiger partial charge in [-0.05, 0) is 30.7 Å². The molecule has 0 radical (unpaired) electrons. The molecule has 0 saturated heterocycles. The van der Waals surface area contributed by atoms with Gasteiger partial charge in [0.1, 0.15) is 0 Å². The predicted octanol–water partition coefficient (Wildman–Crippen LogP) is 2.77. The molecule has 0 aromatic heterocycles. The maximum atomic E-state index is 13.2. The number of rotatable bonds is 4. The van der Waals surface area contributed by atoms with Gasteiger partial charge in [0.15, 0.2) is 0 Å². The molecule has 0 spiro atoms. The molecule has 0 bridgehead atoms. The van der Waals surface area contributed by atoms with E-state index in [0.29, 0.717) is 17.2 Å². The number of esters is 1. The summed E-state index contributed by atoms with van der Waals surface area (Å²) in [7, 11) is 0. The Morgan fingerprint density at radius 1 is 1.44 bits per heavy atom. The fourth-order valence-corrected chi connectivity index (χ4v) is 1.17. The first-order chi connectivity index (χ1) is 8.49. The van der Waals surface area contributed by atoms with Crippen molar-refractivity contribution in [1.82, 2.24) is 0 Å². The zero-order chi connectivity index (χ0) is 13.6. The monoisotopic (exact) mass is 251 g/mol. The van der Waals surface area contributed by atoms with Gasteiger partial charge in [-0.1, -0.05) is 18.2 Å². The summed E-state index contributed by atoms with van der Waals surface area (Å²) in [5.41, 5.74) is 0.905. The molecule has 0 aliphatic rings. The average molecular weight is 251 g/mol. The van der Waals surface area contributed by atoms with Crippen LogP contribution < -0.4 is 0 Å². The molecule has 0 aliphatic carbocycles. The number of halogens is 2. The Labute approximate surface area is 103 Å². The Morgan fingerprint density at radius 2 is 2.06 bits per heavy atom. The quantitative estimate of drug-likeness (QED) is 0.773. The topological polar surface area (TPSA) is 50.1 Å². The van der Waals surface area contributed by atoms with Crippen LogP contribution in [-0.4, -0.2) is 18.5 Å². The van der Waals surface area contributed by atoms with Gasteiger partial charge in [0.05, 0.1) is 18.2 Å². The molecule has 0 heterocycles. The summed E-state index contributed by atoms with van der Waals surface area (Å²) in [6, 6.07) is 7.94. The van der Waals surface area contributed by atoms with Gasteiger partial charge in [0, 0.05) is 0 Å². The minimum Gasteiger partial charge on any atom is -0.461 e. The molecule has 94 valence electrons. The molecule has 1 aromatic rings. The fraction of sp³-hybridized carbons (Fsp3) is 0.231. The van der Waals surface area contributed by atoms with Crippen LogP contribution in [0.15, 0.2) is 30.3 Å². The second-order valence-corrected chi connectivity index (χ2v) is 3.41. The smallest absolute Gasteiger partial charge is 0.381 e. The number of ether oxygens (including phenoxy) is 1. The van der Waals surface area contributed by atoms with E-state index in [1.165, 1.54) is 31.2 Å². The van der Waals surface area contributed by atoms with Crippen molar-refractivity contribution in [2.24, 2.45) is 0 Å². The summed E-state index contributed by atoms with van der Waals surface area (Å²) in [5, 5.41) is 8.57. The van der Waals surface area contributed by atoms with Crippen LogP contribution in [0.1, 0.15) is 18.1 Å². The van der Waals surface area contributed by atoms with Crippen LogP contribution >= 0.6 is 0 Å². The Balaban J connectivity index is 2.79. The third-order valence-electron chi connectivity index (χ3n) is 2.07. The van der Waals surface area contributed by atoms with Crippen molar-refractivity contribution >= 4 is 12.0 Å². The second-order valence-electron chi connectivity index (χ2n) is 3.41. The maximum Gasteiger partial charge on any atom is 0.381 e. The van der Waals surface area contributed by atoms with Gasteiger partial charge in [-0.25, -0.2) is 4.79 Å². The first kappa shape index (κ1) is 13.8. The molecule has 1 aromatic carbocycles. The molecule has 0 fully saturated rings. The number of carbonyl (C=O) groups is 1. The Hall–Kier alpha value is -2.22. The van der Waals surface area contributed by atoms with E-state index in [9.17, 15) is 13.6 Å². The van der Waals surface area contributed by atoms with E-state index in [1.807, 2.05) is 6.07 Å². The van der Waals surface area contributed by atoms with Crippen LogP contribution in [-0.2, 0) is 9.53 Å². The van der Waals surface area contributed by atoms with Crippen LogP contribution in [0.2, 0.25) is 0 Å². The van der Waals surface area contributed by atoms with Crippen molar-refractivity contribution in [3.05, 3.63) is 41.5 Å². The number of benzene rings is 1. The van der Waals surface area contributed by atoms with Crippen LogP contribution in [0.3, 0.4) is 0 Å². The number of carbonyl (C=O) groups excluding carboxylic acids is 1. The molecule has 0 amide bonds. The van der Waals surface area contributed by atoms with Crippen LogP contribution in [0.25, 0.3) is 6.08 Å². The van der Waals surface area contributed by atoms with E-state index < -0.39 is 11.9 Å². The van der Waals surface area contributed by atoms with Gasteiger partial charge in [-0.3, -0.25) is 0 Å². The minimum atomic E-state index is -3.65. The molecular weight excluding hydrogens is 240 g/mol. The SMILES string of the molecule is CCOC(=O)C(F)(F)/C=C/c1ccc(C#N)cc1. The summed E-state index contributed by atoms with van der Waals surface area (Å²) in [6.45, 7) is 1.36. The van der Waals surface area contributed by atoms with Gasteiger partial charge in [0.25, 0.3) is 0 Å². The van der Waals surface area contributed by atoms with Crippen molar-refractivity contribution in [3.63, 3.8) is 0 Å². The van der Waals surface area contributed by atoms with E-state index in [2.05, 4.69) is 4.74 Å². The zero-order valence-corrected chi connectivity index (χ0v) is 9.69. The molecule has 0 atom stereocenters. The number of nitrogens with zero attached hydrogens (tertiary/aromatic N) is 1. The van der Waals surface area contributed by atoms with Gasteiger partial charge < -0.3 is 4.74 Å². The highest BCUT2D eigenvalue weighted by atomic mass is 19.3. The van der Waals surface area contributed by atoms with Crippen molar-refractivity contribution < 1.29 is 18.3 Å². The van der Waals surface area contributed by atoms with E-state index in [1.54, 1.807) is 0 Å². The fourth-order valence-electron chi connectivity index (χ4n) is 1.17. The van der Waals surface area contributed by atoms with Gasteiger partial charge in [0.2, 0.25) is 0 Å². The number of hydrogen-bond donors (Lipinski definition) is 0. The lowest BCUT2D eigenvalue weighted by molar-refractivity contribution is -0.164. The highest BCUT2D eigenvalue weighted by Gasteiger charge is 2.37. The first-order valence-electron chi connectivity index (χ1n) is 5.24. The van der Waals surface area contributed by atoms with Crippen LogP contribution in [0.4, 0.5) is 8.78 Å². The summed E-state index contributed by atoms with van der Waals surface area (Å²) >= 11 is 0. The van der Waals surface area contributed by atoms with Gasteiger partial charge >= 0.3 is 11.9 Å². The van der Waals surface area contributed by atoms with Crippen molar-refractivity contribution in [2.45, 2.75) is 12.8 Å². The second kappa shape index (κ2) is 5.92. The number of nitriles is 1. The largest absolute Gasteiger partial charge is 0.461 e. The maximum absolute atomic E-state index is 13.2. The molecule has 0 N–H and O–H groups in total. The Bertz CT molecular complexity index is 487. The minimum absolute atomic E-state index is 0.0981. The standard InChI is InChI=1S/C13H11F2NO2/c1-2-18-12(17)13(14,15)8-7-10-3-5-11(9-16)6-4-10/h3-8H,2H2,1H3/b8-7+. The number of hydrogen-bond acceptors (Lipinski definition) is 3. The molecule has 18 heavy (non-hydrogen) atoms. The van der Waals surface area contributed by atoms with Crippen LogP contribution in [0.5, 0.6) is 0 Å². The van der Waals surface area contributed by atoms with E-state index >= 15 is 0 Å². The summed E-state index contributed by atoms with van der Waals surface area (Å²) < 4.78 is 30.7. The summed E-state index contributed by atoms with van der Waals surface area (Å²) in [4.78, 5) is 10.9. The summed E-state index contributed by atoms with van der Waals surface area (Å²) in [5.74, 6) is -5.22. The lowest BCUT2D eigenvalue weighted by Crippen LogP contribution is -2.28. The third-order valence-corrected chi connectivity index (χ3v) is 2.07. The van der Waals surface area contributed by atoms with E-state index in [4.69, 9.17) is 5.26 Å². The summed E-state index contributed by atoms with van der Waals surface area (Å²) in [6.07, 6.45) is 1.59.